The largest absolute Gasteiger partial charge is 0.358 e. The van der Waals surface area contributed by atoms with E-state index in [1.54, 1.807) is 0 Å². The van der Waals surface area contributed by atoms with Crippen LogP contribution in [-0.4, -0.2) is 36.5 Å². The van der Waals surface area contributed by atoms with Crippen molar-refractivity contribution in [3.8, 4) is 0 Å². The second-order valence-corrected chi connectivity index (χ2v) is 3.03. The Kier molecular flexibility index (Phi) is 6.03. The number of rotatable bonds is 5. The van der Waals surface area contributed by atoms with Gasteiger partial charge in [-0.3, -0.25) is 19.6 Å². The summed E-state index contributed by atoms with van der Waals surface area (Å²) in [7, 11) is 1.46. The molecular weight excluding hydrogens is 202 g/mol. The van der Waals surface area contributed by atoms with Gasteiger partial charge < -0.3 is 10.6 Å². The summed E-state index contributed by atoms with van der Waals surface area (Å²) < 4.78 is 0. The normalized spacial score (nSPS) is 11.4. The molecule has 0 bridgehead atoms. The molecule has 0 radical (unpaired) electrons. The minimum Gasteiger partial charge on any atom is -0.358 e. The fraction of sp³-hybridized carbons (Fsp3) is 0.625. The Labute approximate surface area is 87.2 Å². The van der Waals surface area contributed by atoms with Crippen LogP contribution in [0, 0.1) is 5.92 Å². The minimum atomic E-state index is -0.641. The van der Waals surface area contributed by atoms with Crippen LogP contribution >= 0.6 is 0 Å². The molecule has 0 saturated carbocycles. The SMILES string of the molecule is CNC(=O)CNC(=O)[C@H](C)CC(=O)NO. The molecule has 0 aromatic carbocycles. The lowest BCUT2D eigenvalue weighted by molar-refractivity contribution is -0.134. The topological polar surface area (TPSA) is 108 Å². The van der Waals surface area contributed by atoms with Crippen molar-refractivity contribution in [3.05, 3.63) is 0 Å². The second-order valence-electron chi connectivity index (χ2n) is 3.03. The van der Waals surface area contributed by atoms with Crippen molar-refractivity contribution in [1.29, 1.82) is 0 Å². The van der Waals surface area contributed by atoms with E-state index in [9.17, 15) is 14.4 Å². The van der Waals surface area contributed by atoms with Crippen LogP contribution < -0.4 is 16.1 Å². The fourth-order valence-corrected chi connectivity index (χ4v) is 0.846. The molecule has 3 amide bonds. The minimum absolute atomic E-state index is 0.125. The molecule has 15 heavy (non-hydrogen) atoms. The van der Waals surface area contributed by atoms with Crippen molar-refractivity contribution in [3.63, 3.8) is 0 Å². The molecule has 4 N–H and O–H groups in total. The highest BCUT2D eigenvalue weighted by molar-refractivity contribution is 5.88. The number of hydrogen-bond acceptors (Lipinski definition) is 4. The first-order valence-corrected chi connectivity index (χ1v) is 4.42. The van der Waals surface area contributed by atoms with Gasteiger partial charge in [0.15, 0.2) is 0 Å². The lowest BCUT2D eigenvalue weighted by Crippen LogP contribution is -2.39. The van der Waals surface area contributed by atoms with E-state index in [-0.39, 0.29) is 18.9 Å². The van der Waals surface area contributed by atoms with Gasteiger partial charge in [-0.25, -0.2) is 5.48 Å². The summed E-state index contributed by atoms with van der Waals surface area (Å²) in [6, 6.07) is 0. The monoisotopic (exact) mass is 217 g/mol. The van der Waals surface area contributed by atoms with E-state index in [2.05, 4.69) is 10.6 Å². The number of carbonyl (C=O) groups is 3. The quantitative estimate of drug-likeness (QED) is 0.328. The number of carbonyl (C=O) groups excluding carboxylic acids is 3. The van der Waals surface area contributed by atoms with E-state index in [4.69, 9.17) is 5.21 Å². The molecule has 0 heterocycles. The van der Waals surface area contributed by atoms with Crippen molar-refractivity contribution < 1.29 is 19.6 Å². The number of hydrogen-bond donors (Lipinski definition) is 4. The number of nitrogens with one attached hydrogen (secondary N) is 3. The van der Waals surface area contributed by atoms with Gasteiger partial charge >= 0.3 is 0 Å². The van der Waals surface area contributed by atoms with Crippen LogP contribution in [-0.2, 0) is 14.4 Å². The van der Waals surface area contributed by atoms with E-state index in [1.165, 1.54) is 19.5 Å². The van der Waals surface area contributed by atoms with Crippen LogP contribution in [0.15, 0.2) is 0 Å². The van der Waals surface area contributed by atoms with Crippen molar-refractivity contribution in [2.24, 2.45) is 5.92 Å². The van der Waals surface area contributed by atoms with E-state index in [0.717, 1.165) is 0 Å². The summed E-state index contributed by atoms with van der Waals surface area (Å²) in [5.41, 5.74) is 1.43. The third kappa shape index (κ3) is 5.63. The second kappa shape index (κ2) is 6.77. The molecule has 7 nitrogen and oxygen atoms in total. The third-order valence-electron chi connectivity index (χ3n) is 1.77. The molecule has 0 aliphatic carbocycles. The Morgan fingerprint density at radius 3 is 2.33 bits per heavy atom. The van der Waals surface area contributed by atoms with Crippen molar-refractivity contribution in [1.82, 2.24) is 16.1 Å². The van der Waals surface area contributed by atoms with E-state index < -0.39 is 17.7 Å². The van der Waals surface area contributed by atoms with E-state index >= 15 is 0 Å². The number of amides is 3. The van der Waals surface area contributed by atoms with Crippen molar-refractivity contribution >= 4 is 17.7 Å². The van der Waals surface area contributed by atoms with Crippen LogP contribution in [0.25, 0.3) is 0 Å². The predicted octanol–water partition coefficient (Wildman–Crippen LogP) is -1.62. The molecule has 0 aromatic heterocycles. The average Bonchev–Trinajstić information content (AvgIpc) is 2.24. The summed E-state index contributed by atoms with van der Waals surface area (Å²) in [6.07, 6.45) is -0.129. The van der Waals surface area contributed by atoms with E-state index in [0.29, 0.717) is 0 Å². The zero-order valence-electron chi connectivity index (χ0n) is 8.66. The Balaban J connectivity index is 3.89. The lowest BCUT2D eigenvalue weighted by atomic mass is 10.1. The molecule has 0 spiro atoms. The van der Waals surface area contributed by atoms with Gasteiger partial charge in [-0.05, 0) is 0 Å². The highest BCUT2D eigenvalue weighted by atomic mass is 16.5. The van der Waals surface area contributed by atoms with Gasteiger partial charge in [-0.1, -0.05) is 6.92 Å². The highest BCUT2D eigenvalue weighted by Crippen LogP contribution is 2.00. The van der Waals surface area contributed by atoms with Gasteiger partial charge in [-0.15, -0.1) is 0 Å². The molecule has 0 aromatic rings. The molecule has 86 valence electrons. The fourth-order valence-electron chi connectivity index (χ4n) is 0.846. The molecule has 0 saturated heterocycles. The van der Waals surface area contributed by atoms with Crippen molar-refractivity contribution in [2.45, 2.75) is 13.3 Å². The molecular formula is C8H15N3O4. The first-order valence-electron chi connectivity index (χ1n) is 4.42. The van der Waals surface area contributed by atoms with Gasteiger partial charge in [0.05, 0.1) is 6.54 Å². The molecule has 0 rings (SSSR count). The average molecular weight is 217 g/mol. The van der Waals surface area contributed by atoms with Crippen LogP contribution in [0.2, 0.25) is 0 Å². The van der Waals surface area contributed by atoms with Gasteiger partial charge in [0.2, 0.25) is 17.7 Å². The standard InChI is InChI=1S/C8H15N3O4/c1-5(3-6(12)11-15)8(14)10-4-7(13)9-2/h5,15H,3-4H2,1-2H3,(H,9,13)(H,10,14)(H,11,12)/t5-/m1/s1. The molecule has 1 atom stereocenters. The first-order chi connectivity index (χ1) is 7.01. The summed E-state index contributed by atoms with van der Waals surface area (Å²) >= 11 is 0. The Morgan fingerprint density at radius 2 is 1.87 bits per heavy atom. The van der Waals surface area contributed by atoms with Crippen LogP contribution in [0.5, 0.6) is 0 Å². The maximum absolute atomic E-state index is 11.3. The maximum atomic E-state index is 11.3. The Hall–Kier alpha value is -1.63. The summed E-state index contributed by atoms with van der Waals surface area (Å²) in [5, 5.41) is 12.9. The highest BCUT2D eigenvalue weighted by Gasteiger charge is 2.16. The van der Waals surface area contributed by atoms with Crippen LogP contribution in [0.1, 0.15) is 13.3 Å². The van der Waals surface area contributed by atoms with Gasteiger partial charge in [0.25, 0.3) is 0 Å². The Morgan fingerprint density at radius 1 is 1.27 bits per heavy atom. The van der Waals surface area contributed by atoms with Crippen LogP contribution in [0.4, 0.5) is 0 Å². The molecule has 0 fully saturated rings. The van der Waals surface area contributed by atoms with Gasteiger partial charge in [0.1, 0.15) is 0 Å². The zero-order valence-corrected chi connectivity index (χ0v) is 8.66. The Bertz CT molecular complexity index is 254. The van der Waals surface area contributed by atoms with Crippen LogP contribution in [0.3, 0.4) is 0 Å². The smallest absolute Gasteiger partial charge is 0.244 e. The van der Waals surface area contributed by atoms with Gasteiger partial charge in [-0.2, -0.15) is 0 Å². The molecule has 0 aliphatic heterocycles. The lowest BCUT2D eigenvalue weighted by Gasteiger charge is -2.10. The van der Waals surface area contributed by atoms with Crippen molar-refractivity contribution in [2.75, 3.05) is 13.6 Å². The third-order valence-corrected chi connectivity index (χ3v) is 1.77. The molecule has 0 aliphatic rings. The maximum Gasteiger partial charge on any atom is 0.244 e. The molecule has 0 unspecified atom stereocenters. The number of likely N-dealkylation sites (N-methyl/N-ethyl adjacent to an activating group) is 1. The zero-order chi connectivity index (χ0) is 11.8. The predicted molar refractivity (Wildman–Crippen MR) is 50.8 cm³/mol. The summed E-state index contributed by atoms with van der Waals surface area (Å²) in [6.45, 7) is 1.40. The van der Waals surface area contributed by atoms with Gasteiger partial charge in [0, 0.05) is 19.4 Å². The van der Waals surface area contributed by atoms with E-state index in [1.807, 2.05) is 0 Å². The number of hydroxylamine groups is 1. The molecule has 7 heteroatoms. The summed E-state index contributed by atoms with van der Waals surface area (Å²) in [5.74, 6) is -1.97. The summed E-state index contributed by atoms with van der Waals surface area (Å²) in [4.78, 5) is 32.7. The first kappa shape index (κ1) is 13.4.